The van der Waals surface area contributed by atoms with E-state index in [1.165, 1.54) is 29.5 Å². The van der Waals surface area contributed by atoms with Gasteiger partial charge in [0.15, 0.2) is 0 Å². The summed E-state index contributed by atoms with van der Waals surface area (Å²) in [5.41, 5.74) is 0.733. The maximum absolute atomic E-state index is 13.5. The summed E-state index contributed by atoms with van der Waals surface area (Å²) >= 11 is 7.30. The summed E-state index contributed by atoms with van der Waals surface area (Å²) < 4.78 is 26.9. The molecule has 2 rings (SSSR count). The number of hydrogen-bond acceptors (Lipinski definition) is 2. The molecular formula is C13H11ClF2OS. The van der Waals surface area contributed by atoms with Crippen LogP contribution in [0.15, 0.2) is 23.6 Å². The number of aliphatic hydroxyl groups excluding tert-OH is 1. The van der Waals surface area contributed by atoms with Gasteiger partial charge in [0.1, 0.15) is 11.6 Å². The van der Waals surface area contributed by atoms with Gasteiger partial charge < -0.3 is 5.11 Å². The zero-order chi connectivity index (χ0) is 13.3. The Kier molecular flexibility index (Phi) is 4.00. The van der Waals surface area contributed by atoms with Crippen molar-refractivity contribution in [3.8, 4) is 0 Å². The summed E-state index contributed by atoms with van der Waals surface area (Å²) in [6.07, 6.45) is -1.12. The number of hydrogen-bond donors (Lipinski definition) is 1. The van der Waals surface area contributed by atoms with E-state index in [1.807, 2.05) is 6.92 Å². The molecule has 18 heavy (non-hydrogen) atoms. The zero-order valence-corrected chi connectivity index (χ0v) is 11.2. The van der Waals surface area contributed by atoms with Crippen LogP contribution in [-0.2, 0) is 6.42 Å². The van der Waals surface area contributed by atoms with E-state index < -0.39 is 17.7 Å². The van der Waals surface area contributed by atoms with E-state index in [9.17, 15) is 13.9 Å². The highest BCUT2D eigenvalue weighted by Crippen LogP contribution is 2.34. The second kappa shape index (κ2) is 5.34. The van der Waals surface area contributed by atoms with Crippen LogP contribution >= 0.6 is 22.9 Å². The molecule has 1 heterocycles. The van der Waals surface area contributed by atoms with E-state index >= 15 is 0 Å². The molecule has 0 aliphatic carbocycles. The average Bonchev–Trinajstić information content (AvgIpc) is 2.65. The van der Waals surface area contributed by atoms with Crippen molar-refractivity contribution in [3.05, 3.63) is 56.2 Å². The van der Waals surface area contributed by atoms with E-state index in [2.05, 4.69) is 0 Å². The van der Waals surface area contributed by atoms with Crippen LogP contribution in [0.3, 0.4) is 0 Å². The van der Waals surface area contributed by atoms with Crippen LogP contribution in [0, 0.1) is 18.6 Å². The van der Waals surface area contributed by atoms with Crippen LogP contribution in [0.4, 0.5) is 8.78 Å². The molecule has 2 aromatic rings. The Morgan fingerprint density at radius 2 is 1.94 bits per heavy atom. The van der Waals surface area contributed by atoms with Gasteiger partial charge in [0.05, 0.1) is 16.0 Å². The average molecular weight is 289 g/mol. The quantitative estimate of drug-likeness (QED) is 0.894. The van der Waals surface area contributed by atoms with E-state index in [0.717, 1.165) is 5.56 Å². The van der Waals surface area contributed by atoms with Crippen LogP contribution in [-0.4, -0.2) is 5.11 Å². The molecule has 1 nitrogen and oxygen atoms in total. The van der Waals surface area contributed by atoms with Gasteiger partial charge in [-0.15, -0.1) is 11.3 Å². The van der Waals surface area contributed by atoms with Gasteiger partial charge in [0.25, 0.3) is 0 Å². The normalized spacial score (nSPS) is 12.7. The minimum absolute atomic E-state index is 0.118. The van der Waals surface area contributed by atoms with Crippen molar-refractivity contribution >= 4 is 22.9 Å². The summed E-state index contributed by atoms with van der Waals surface area (Å²) in [5, 5.41) is 12.3. The number of aryl methyl sites for hydroxylation is 1. The standard InChI is InChI=1S/C13H11ClF2OS/c1-7-6-18-13(12(7)14)11(17)5-8-9(15)3-2-4-10(8)16/h2-4,6,11,17H,5H2,1H3. The highest BCUT2D eigenvalue weighted by Gasteiger charge is 2.19. The molecule has 1 atom stereocenters. The Hall–Kier alpha value is -0.970. The molecule has 1 N–H and O–H groups in total. The van der Waals surface area contributed by atoms with E-state index in [0.29, 0.717) is 9.90 Å². The number of halogens is 3. The van der Waals surface area contributed by atoms with Crippen LogP contribution in [0.5, 0.6) is 0 Å². The summed E-state index contributed by atoms with van der Waals surface area (Å²) in [6.45, 7) is 1.82. The van der Waals surface area contributed by atoms with Gasteiger partial charge in [-0.3, -0.25) is 0 Å². The molecule has 0 amide bonds. The fraction of sp³-hybridized carbons (Fsp3) is 0.231. The third-order valence-corrected chi connectivity index (χ3v) is 4.50. The van der Waals surface area contributed by atoms with Crippen molar-refractivity contribution in [1.29, 1.82) is 0 Å². The monoisotopic (exact) mass is 288 g/mol. The number of aliphatic hydroxyl groups is 1. The third-order valence-electron chi connectivity index (χ3n) is 2.69. The molecular weight excluding hydrogens is 278 g/mol. The van der Waals surface area contributed by atoms with E-state index in [4.69, 9.17) is 11.6 Å². The van der Waals surface area contributed by atoms with E-state index in [-0.39, 0.29) is 12.0 Å². The highest BCUT2D eigenvalue weighted by molar-refractivity contribution is 7.10. The second-order valence-corrected chi connectivity index (χ2v) is 5.31. The maximum Gasteiger partial charge on any atom is 0.129 e. The molecule has 1 aromatic carbocycles. The zero-order valence-electron chi connectivity index (χ0n) is 9.58. The Labute approximate surface area is 113 Å². The van der Waals surface area contributed by atoms with Crippen LogP contribution in [0.2, 0.25) is 5.02 Å². The predicted molar refractivity (Wildman–Crippen MR) is 69.1 cm³/mol. The SMILES string of the molecule is Cc1csc(C(O)Cc2c(F)cccc2F)c1Cl. The van der Waals surface area contributed by atoms with Crippen molar-refractivity contribution in [1.82, 2.24) is 0 Å². The molecule has 1 aromatic heterocycles. The Morgan fingerprint density at radius 3 is 2.44 bits per heavy atom. The smallest absolute Gasteiger partial charge is 0.129 e. The first-order chi connectivity index (χ1) is 8.50. The first-order valence-electron chi connectivity index (χ1n) is 5.35. The largest absolute Gasteiger partial charge is 0.387 e. The fourth-order valence-corrected chi connectivity index (χ4v) is 2.99. The summed E-state index contributed by atoms with van der Waals surface area (Å²) in [7, 11) is 0. The number of benzene rings is 1. The summed E-state index contributed by atoms with van der Waals surface area (Å²) in [5.74, 6) is -1.31. The first kappa shape index (κ1) is 13.5. The van der Waals surface area contributed by atoms with Crippen molar-refractivity contribution in [2.75, 3.05) is 0 Å². The van der Waals surface area contributed by atoms with Crippen LogP contribution in [0.25, 0.3) is 0 Å². The molecule has 1 unspecified atom stereocenters. The Morgan fingerprint density at radius 1 is 1.33 bits per heavy atom. The predicted octanol–water partition coefficient (Wildman–Crippen LogP) is 4.26. The van der Waals surface area contributed by atoms with Gasteiger partial charge in [-0.1, -0.05) is 17.7 Å². The number of thiophene rings is 1. The molecule has 0 aliphatic heterocycles. The van der Waals surface area contributed by atoms with Crippen LogP contribution < -0.4 is 0 Å². The van der Waals surface area contributed by atoms with Gasteiger partial charge in [0, 0.05) is 12.0 Å². The molecule has 0 saturated heterocycles. The van der Waals surface area contributed by atoms with Gasteiger partial charge in [-0.05, 0) is 30.0 Å². The lowest BCUT2D eigenvalue weighted by Gasteiger charge is -2.11. The van der Waals surface area contributed by atoms with Crippen molar-refractivity contribution in [3.63, 3.8) is 0 Å². The highest BCUT2D eigenvalue weighted by atomic mass is 35.5. The molecule has 0 radical (unpaired) electrons. The van der Waals surface area contributed by atoms with Crippen molar-refractivity contribution in [2.24, 2.45) is 0 Å². The van der Waals surface area contributed by atoms with Gasteiger partial charge in [0.2, 0.25) is 0 Å². The fourth-order valence-electron chi connectivity index (χ4n) is 1.69. The maximum atomic E-state index is 13.5. The molecule has 5 heteroatoms. The first-order valence-corrected chi connectivity index (χ1v) is 6.61. The van der Waals surface area contributed by atoms with Gasteiger partial charge >= 0.3 is 0 Å². The van der Waals surface area contributed by atoms with Gasteiger partial charge in [-0.25, -0.2) is 8.78 Å². The lowest BCUT2D eigenvalue weighted by atomic mass is 10.1. The molecule has 96 valence electrons. The topological polar surface area (TPSA) is 20.2 Å². The van der Waals surface area contributed by atoms with Crippen molar-refractivity contribution in [2.45, 2.75) is 19.4 Å². The summed E-state index contributed by atoms with van der Waals surface area (Å²) in [4.78, 5) is 0.539. The molecule has 0 saturated carbocycles. The minimum atomic E-state index is -0.998. The lowest BCUT2D eigenvalue weighted by Crippen LogP contribution is -2.04. The molecule has 0 aliphatic rings. The second-order valence-electron chi connectivity index (χ2n) is 4.02. The Bertz CT molecular complexity index is 548. The minimum Gasteiger partial charge on any atom is -0.387 e. The van der Waals surface area contributed by atoms with E-state index in [1.54, 1.807) is 5.38 Å². The summed E-state index contributed by atoms with van der Waals surface area (Å²) in [6, 6.07) is 3.64. The van der Waals surface area contributed by atoms with Gasteiger partial charge in [-0.2, -0.15) is 0 Å². The molecule has 0 fully saturated rings. The lowest BCUT2D eigenvalue weighted by molar-refractivity contribution is 0.179. The van der Waals surface area contributed by atoms with Crippen molar-refractivity contribution < 1.29 is 13.9 Å². The number of rotatable bonds is 3. The Balaban J connectivity index is 2.27. The molecule has 0 spiro atoms. The molecule has 0 bridgehead atoms. The third kappa shape index (κ3) is 2.55. The van der Waals surface area contributed by atoms with Crippen LogP contribution in [0.1, 0.15) is 22.1 Å².